The fourth-order valence-corrected chi connectivity index (χ4v) is 7.65. The van der Waals surface area contributed by atoms with Crippen LogP contribution in [0.3, 0.4) is 0 Å². The van der Waals surface area contributed by atoms with Crippen LogP contribution in [0.2, 0.25) is 5.15 Å². The number of halogens is 1. The Morgan fingerprint density at radius 2 is 1.76 bits per heavy atom. The van der Waals surface area contributed by atoms with Crippen molar-refractivity contribution in [3.05, 3.63) is 40.5 Å². The number of hydrogen-bond acceptors (Lipinski definition) is 7. The van der Waals surface area contributed by atoms with E-state index in [0.29, 0.717) is 49.5 Å². The SMILES string of the molecule is CCC(C)(C)c1ccc(OCCCCNC(=O)CSc2nc(Cl)cc(N3CCN(C(=O)CCC4CCCC4)C(C)C3)n2)c(C(C)(C)CC)c1. The number of thioether (sulfide) groups is 1. The van der Waals surface area contributed by atoms with Gasteiger partial charge in [-0.2, -0.15) is 0 Å². The third-order valence-electron chi connectivity index (χ3n) is 10.9. The van der Waals surface area contributed by atoms with Crippen LogP contribution in [0.4, 0.5) is 5.82 Å². The lowest BCUT2D eigenvalue weighted by Gasteiger charge is -2.40. The highest BCUT2D eigenvalue weighted by Gasteiger charge is 2.30. The van der Waals surface area contributed by atoms with Crippen molar-refractivity contribution in [2.45, 2.75) is 135 Å². The van der Waals surface area contributed by atoms with E-state index in [1.807, 2.05) is 4.90 Å². The second-order valence-electron chi connectivity index (χ2n) is 15.3. The molecule has 1 N–H and O–H groups in total. The van der Waals surface area contributed by atoms with Crippen LogP contribution in [0.1, 0.15) is 124 Å². The van der Waals surface area contributed by atoms with Crippen molar-refractivity contribution < 1.29 is 14.3 Å². The number of carbonyl (C=O) groups excluding carboxylic acids is 2. The zero-order valence-corrected chi connectivity index (χ0v) is 32.7. The highest BCUT2D eigenvalue weighted by molar-refractivity contribution is 7.99. The van der Waals surface area contributed by atoms with Gasteiger partial charge in [0.25, 0.3) is 0 Å². The summed E-state index contributed by atoms with van der Waals surface area (Å²) in [6.45, 7) is 19.0. The van der Waals surface area contributed by atoms with Gasteiger partial charge in [0, 0.05) is 50.3 Å². The summed E-state index contributed by atoms with van der Waals surface area (Å²) in [5, 5.41) is 3.85. The lowest BCUT2D eigenvalue weighted by Crippen LogP contribution is -2.54. The second-order valence-corrected chi connectivity index (χ2v) is 16.6. The van der Waals surface area contributed by atoms with Gasteiger partial charge < -0.3 is 19.9 Å². The molecule has 1 unspecified atom stereocenters. The summed E-state index contributed by atoms with van der Waals surface area (Å²) in [6, 6.07) is 8.55. The summed E-state index contributed by atoms with van der Waals surface area (Å²) in [6.07, 6.45) is 10.6. The highest BCUT2D eigenvalue weighted by Crippen LogP contribution is 2.38. The topological polar surface area (TPSA) is 87.7 Å². The van der Waals surface area contributed by atoms with Crippen LogP contribution in [0.15, 0.2) is 29.4 Å². The second kappa shape index (κ2) is 18.1. The largest absolute Gasteiger partial charge is 0.493 e. The van der Waals surface area contributed by atoms with Gasteiger partial charge in [-0.15, -0.1) is 0 Å². The molecular weight excluding hydrogens is 654 g/mol. The number of anilines is 1. The van der Waals surface area contributed by atoms with Gasteiger partial charge in [0.1, 0.15) is 16.7 Å². The number of hydrogen-bond donors (Lipinski definition) is 1. The minimum absolute atomic E-state index is 0.0238. The van der Waals surface area contributed by atoms with Gasteiger partial charge in [0.15, 0.2) is 5.16 Å². The molecule has 2 fully saturated rings. The van der Waals surface area contributed by atoms with Crippen molar-refractivity contribution >= 4 is 41.0 Å². The van der Waals surface area contributed by atoms with E-state index in [4.69, 9.17) is 21.3 Å². The van der Waals surface area contributed by atoms with Gasteiger partial charge >= 0.3 is 0 Å². The van der Waals surface area contributed by atoms with Gasteiger partial charge in [-0.1, -0.05) is 103 Å². The number of carbonyl (C=O) groups is 2. The van der Waals surface area contributed by atoms with E-state index in [0.717, 1.165) is 49.6 Å². The number of piperazine rings is 1. The first kappa shape index (κ1) is 39.3. The van der Waals surface area contributed by atoms with E-state index < -0.39 is 0 Å². The average molecular weight is 714 g/mol. The zero-order chi connectivity index (χ0) is 35.6. The Hall–Kier alpha value is -2.52. The smallest absolute Gasteiger partial charge is 0.230 e. The quantitative estimate of drug-likeness (QED) is 0.0761. The van der Waals surface area contributed by atoms with Crippen molar-refractivity contribution in [3.63, 3.8) is 0 Å². The molecule has 2 amide bonds. The average Bonchev–Trinajstić information content (AvgIpc) is 3.61. The number of benzene rings is 1. The Morgan fingerprint density at radius 1 is 1.02 bits per heavy atom. The Balaban J connectivity index is 1.18. The lowest BCUT2D eigenvalue weighted by molar-refractivity contribution is -0.134. The molecule has 0 spiro atoms. The van der Waals surface area contributed by atoms with E-state index in [9.17, 15) is 9.59 Å². The van der Waals surface area contributed by atoms with E-state index in [1.54, 1.807) is 6.07 Å². The Labute approximate surface area is 304 Å². The van der Waals surface area contributed by atoms with Gasteiger partial charge in [0.2, 0.25) is 11.8 Å². The lowest BCUT2D eigenvalue weighted by atomic mass is 9.76. The fourth-order valence-electron chi connectivity index (χ4n) is 6.74. The minimum Gasteiger partial charge on any atom is -0.493 e. The van der Waals surface area contributed by atoms with E-state index in [2.05, 4.69) is 81.9 Å². The van der Waals surface area contributed by atoms with Crippen LogP contribution >= 0.6 is 23.4 Å². The third kappa shape index (κ3) is 11.2. The van der Waals surface area contributed by atoms with Crippen molar-refractivity contribution in [2.24, 2.45) is 5.92 Å². The van der Waals surface area contributed by atoms with E-state index >= 15 is 0 Å². The normalized spacial score (nSPS) is 17.4. The first-order valence-electron chi connectivity index (χ1n) is 18.6. The monoisotopic (exact) mass is 713 g/mol. The molecule has 2 heterocycles. The summed E-state index contributed by atoms with van der Waals surface area (Å²) < 4.78 is 6.30. The van der Waals surface area contributed by atoms with Crippen LogP contribution in [-0.2, 0) is 20.4 Å². The number of nitrogens with zero attached hydrogens (tertiary/aromatic N) is 4. The van der Waals surface area contributed by atoms with Gasteiger partial charge in [-0.05, 0) is 67.4 Å². The van der Waals surface area contributed by atoms with Crippen molar-refractivity contribution in [3.8, 4) is 5.75 Å². The van der Waals surface area contributed by atoms with E-state index in [1.165, 1.54) is 48.6 Å². The molecule has 1 saturated heterocycles. The van der Waals surface area contributed by atoms with Crippen LogP contribution < -0.4 is 15.0 Å². The predicted molar refractivity (Wildman–Crippen MR) is 203 cm³/mol. The summed E-state index contributed by atoms with van der Waals surface area (Å²) >= 11 is 7.68. The maximum atomic E-state index is 13.0. The van der Waals surface area contributed by atoms with Gasteiger partial charge in [-0.3, -0.25) is 9.59 Å². The first-order valence-corrected chi connectivity index (χ1v) is 20.0. The molecule has 1 aromatic carbocycles. The number of unbranched alkanes of at least 4 members (excludes halogenated alkanes) is 1. The molecule has 2 aromatic rings. The van der Waals surface area contributed by atoms with Gasteiger partial charge in [-0.25, -0.2) is 9.97 Å². The Kier molecular flexibility index (Phi) is 14.5. The molecule has 49 heavy (non-hydrogen) atoms. The number of rotatable bonds is 17. The number of amides is 2. The molecule has 0 bridgehead atoms. The van der Waals surface area contributed by atoms with E-state index in [-0.39, 0.29) is 34.4 Å². The van der Waals surface area contributed by atoms with Crippen LogP contribution in [0.5, 0.6) is 5.75 Å². The molecule has 1 aliphatic heterocycles. The maximum Gasteiger partial charge on any atom is 0.230 e. The van der Waals surface area contributed by atoms with Gasteiger partial charge in [0.05, 0.1) is 12.4 Å². The molecule has 272 valence electrons. The third-order valence-corrected chi connectivity index (χ3v) is 12.0. The summed E-state index contributed by atoms with van der Waals surface area (Å²) in [5.41, 5.74) is 2.77. The molecule has 1 saturated carbocycles. The minimum atomic E-state index is -0.0597. The summed E-state index contributed by atoms with van der Waals surface area (Å²) in [7, 11) is 0. The highest BCUT2D eigenvalue weighted by atomic mass is 35.5. The standard InChI is InChI=1S/C39H60ClN5O3S/c1-8-38(4,5)30-17-18-32(31(24-30)39(6,7)9-2)48-23-13-12-20-41-35(46)27-49-37-42-33(40)25-34(43-37)44-21-22-45(28(3)26-44)36(47)19-16-29-14-10-11-15-29/h17-18,24-25,28-29H,8-16,19-23,26-27H2,1-7H3,(H,41,46). The van der Waals surface area contributed by atoms with Crippen LogP contribution in [0.25, 0.3) is 0 Å². The zero-order valence-electron chi connectivity index (χ0n) is 31.1. The van der Waals surface area contributed by atoms with Crippen molar-refractivity contribution in [2.75, 3.05) is 43.4 Å². The maximum absolute atomic E-state index is 13.0. The molecule has 8 nitrogen and oxygen atoms in total. The molecule has 4 rings (SSSR count). The first-order chi connectivity index (χ1) is 23.3. The van der Waals surface area contributed by atoms with Crippen molar-refractivity contribution in [1.82, 2.24) is 20.2 Å². The van der Waals surface area contributed by atoms with Crippen LogP contribution in [0, 0.1) is 5.92 Å². The van der Waals surface area contributed by atoms with Crippen molar-refractivity contribution in [1.29, 1.82) is 0 Å². The molecule has 0 radical (unpaired) electrons. The molecule has 1 aliphatic carbocycles. The molecule has 1 aromatic heterocycles. The van der Waals surface area contributed by atoms with Crippen LogP contribution in [-0.4, -0.2) is 71.3 Å². The molecule has 10 heteroatoms. The number of aromatic nitrogens is 2. The Morgan fingerprint density at radius 3 is 2.45 bits per heavy atom. The number of ether oxygens (including phenoxy) is 1. The molecule has 1 atom stereocenters. The number of nitrogens with one attached hydrogen (secondary N) is 1. The molecule has 2 aliphatic rings. The predicted octanol–water partition coefficient (Wildman–Crippen LogP) is 8.58. The molecular formula is C39H60ClN5O3S. The fraction of sp³-hybridized carbons (Fsp3) is 0.692. The summed E-state index contributed by atoms with van der Waals surface area (Å²) in [5.74, 6) is 2.84. The Bertz CT molecular complexity index is 1400. The summed E-state index contributed by atoms with van der Waals surface area (Å²) in [4.78, 5) is 38.9.